The summed E-state index contributed by atoms with van der Waals surface area (Å²) in [4.78, 5) is 8.09. The fourth-order valence-electron chi connectivity index (χ4n) is 2.36. The number of aromatic amines is 1. The molecule has 0 aliphatic carbocycles. The number of nitrogens with one attached hydrogen (secondary N) is 1. The maximum absolute atomic E-state index is 5.69. The van der Waals surface area contributed by atoms with E-state index in [2.05, 4.69) is 44.0 Å². The summed E-state index contributed by atoms with van der Waals surface area (Å²) in [6.45, 7) is 7.08. The first kappa shape index (κ1) is 13.7. The van der Waals surface area contributed by atoms with Crippen LogP contribution in [-0.4, -0.2) is 16.6 Å². The Morgan fingerprint density at radius 3 is 2.71 bits per heavy atom. The number of aryl methyl sites for hydroxylation is 2. The second-order valence-corrected chi connectivity index (χ2v) is 5.42. The number of nitrogens with zero attached hydrogens (tertiary/aromatic N) is 1. The first-order chi connectivity index (χ1) is 10.2. The first-order valence-electron chi connectivity index (χ1n) is 7.37. The van der Waals surface area contributed by atoms with Gasteiger partial charge in [-0.25, -0.2) is 4.98 Å². The molecule has 0 fully saturated rings. The minimum Gasteiger partial charge on any atom is -0.494 e. The lowest BCUT2D eigenvalue weighted by Gasteiger charge is -2.05. The molecule has 0 spiro atoms. The van der Waals surface area contributed by atoms with Crippen LogP contribution < -0.4 is 4.74 Å². The van der Waals surface area contributed by atoms with Gasteiger partial charge in [0, 0.05) is 5.56 Å². The predicted molar refractivity (Wildman–Crippen MR) is 86.8 cm³/mol. The van der Waals surface area contributed by atoms with Gasteiger partial charge in [0.05, 0.1) is 17.6 Å². The van der Waals surface area contributed by atoms with Gasteiger partial charge < -0.3 is 9.72 Å². The van der Waals surface area contributed by atoms with Crippen molar-refractivity contribution in [3.8, 4) is 17.1 Å². The first-order valence-corrected chi connectivity index (χ1v) is 7.37. The summed E-state index contributed by atoms with van der Waals surface area (Å²) >= 11 is 0. The molecular weight excluding hydrogens is 260 g/mol. The number of benzene rings is 2. The van der Waals surface area contributed by atoms with Crippen LogP contribution >= 0.6 is 0 Å². The van der Waals surface area contributed by atoms with Crippen molar-refractivity contribution in [3.05, 3.63) is 47.5 Å². The molecule has 0 saturated carbocycles. The molecular formula is C18H20N2O. The van der Waals surface area contributed by atoms with Gasteiger partial charge in [-0.05, 0) is 55.7 Å². The number of rotatable bonds is 4. The average molecular weight is 280 g/mol. The molecule has 0 aliphatic heterocycles. The van der Waals surface area contributed by atoms with Crippen molar-refractivity contribution in [1.82, 2.24) is 9.97 Å². The van der Waals surface area contributed by atoms with Crippen LogP contribution in [0.2, 0.25) is 0 Å². The quantitative estimate of drug-likeness (QED) is 0.756. The SMILES string of the molecule is CCCOc1cccc(-c2nc3cc(C)c(C)cc3[nH]2)c1. The van der Waals surface area contributed by atoms with Gasteiger partial charge in [0.2, 0.25) is 0 Å². The Labute approximate surface area is 125 Å². The molecule has 2 aromatic carbocycles. The summed E-state index contributed by atoms with van der Waals surface area (Å²) in [6, 6.07) is 12.4. The van der Waals surface area contributed by atoms with Crippen molar-refractivity contribution < 1.29 is 4.74 Å². The number of hydrogen-bond acceptors (Lipinski definition) is 2. The zero-order valence-corrected chi connectivity index (χ0v) is 12.7. The molecule has 1 aromatic heterocycles. The number of aromatic nitrogens is 2. The van der Waals surface area contributed by atoms with Gasteiger partial charge in [-0.1, -0.05) is 19.1 Å². The minimum atomic E-state index is 0.738. The highest BCUT2D eigenvalue weighted by Crippen LogP contribution is 2.25. The standard InChI is InChI=1S/C18H20N2O/c1-4-8-21-15-7-5-6-14(11-15)18-19-16-9-12(2)13(3)10-17(16)20-18/h5-7,9-11H,4,8H2,1-3H3,(H,19,20). The number of ether oxygens (including phenoxy) is 1. The summed E-state index contributed by atoms with van der Waals surface area (Å²) in [7, 11) is 0. The van der Waals surface area contributed by atoms with Crippen LogP contribution in [0, 0.1) is 13.8 Å². The maximum atomic E-state index is 5.69. The van der Waals surface area contributed by atoms with E-state index in [0.29, 0.717) is 0 Å². The van der Waals surface area contributed by atoms with Crippen molar-refractivity contribution >= 4 is 11.0 Å². The molecule has 3 aromatic rings. The third-order valence-corrected chi connectivity index (χ3v) is 3.68. The average Bonchev–Trinajstić information content (AvgIpc) is 2.89. The van der Waals surface area contributed by atoms with Crippen LogP contribution in [0.5, 0.6) is 5.75 Å². The van der Waals surface area contributed by atoms with E-state index in [-0.39, 0.29) is 0 Å². The van der Waals surface area contributed by atoms with Crippen molar-refractivity contribution in [2.45, 2.75) is 27.2 Å². The second kappa shape index (κ2) is 5.60. The van der Waals surface area contributed by atoms with Gasteiger partial charge in [-0.15, -0.1) is 0 Å². The second-order valence-electron chi connectivity index (χ2n) is 5.42. The summed E-state index contributed by atoms with van der Waals surface area (Å²) < 4.78 is 5.69. The van der Waals surface area contributed by atoms with Crippen LogP contribution in [0.4, 0.5) is 0 Å². The van der Waals surface area contributed by atoms with E-state index in [1.54, 1.807) is 0 Å². The molecule has 0 aliphatic rings. The highest BCUT2D eigenvalue weighted by molar-refractivity contribution is 5.81. The Kier molecular flexibility index (Phi) is 3.65. The summed E-state index contributed by atoms with van der Waals surface area (Å²) in [5, 5.41) is 0. The van der Waals surface area contributed by atoms with Gasteiger partial charge in [0.15, 0.2) is 0 Å². The number of hydrogen-bond donors (Lipinski definition) is 1. The minimum absolute atomic E-state index is 0.738. The normalized spacial score (nSPS) is 11.0. The number of imidazole rings is 1. The Morgan fingerprint density at radius 2 is 1.90 bits per heavy atom. The summed E-state index contributed by atoms with van der Waals surface area (Å²) in [6.07, 6.45) is 1.01. The molecule has 21 heavy (non-hydrogen) atoms. The molecule has 0 radical (unpaired) electrons. The van der Waals surface area contributed by atoms with Gasteiger partial charge in [-0.3, -0.25) is 0 Å². The van der Waals surface area contributed by atoms with Gasteiger partial charge in [0.25, 0.3) is 0 Å². The zero-order valence-electron chi connectivity index (χ0n) is 12.7. The molecule has 3 heteroatoms. The molecule has 0 atom stereocenters. The van der Waals surface area contributed by atoms with E-state index in [1.165, 1.54) is 11.1 Å². The van der Waals surface area contributed by atoms with Crippen molar-refractivity contribution in [1.29, 1.82) is 0 Å². The van der Waals surface area contributed by atoms with E-state index in [1.807, 2.05) is 18.2 Å². The van der Waals surface area contributed by atoms with Crippen molar-refractivity contribution in [2.24, 2.45) is 0 Å². The highest BCUT2D eigenvalue weighted by atomic mass is 16.5. The van der Waals surface area contributed by atoms with E-state index in [4.69, 9.17) is 9.72 Å². The number of fused-ring (bicyclic) bond motifs is 1. The van der Waals surface area contributed by atoms with E-state index in [0.717, 1.165) is 41.2 Å². The van der Waals surface area contributed by atoms with E-state index >= 15 is 0 Å². The smallest absolute Gasteiger partial charge is 0.138 e. The van der Waals surface area contributed by atoms with Crippen LogP contribution in [0.1, 0.15) is 24.5 Å². The Balaban J connectivity index is 2.00. The fourth-order valence-corrected chi connectivity index (χ4v) is 2.36. The Morgan fingerprint density at radius 1 is 1.10 bits per heavy atom. The van der Waals surface area contributed by atoms with Crippen LogP contribution in [-0.2, 0) is 0 Å². The van der Waals surface area contributed by atoms with Crippen LogP contribution in [0.3, 0.4) is 0 Å². The Bertz CT molecular complexity index is 735. The van der Waals surface area contributed by atoms with Crippen LogP contribution in [0.15, 0.2) is 36.4 Å². The summed E-state index contributed by atoms with van der Waals surface area (Å²) in [5.74, 6) is 1.78. The zero-order chi connectivity index (χ0) is 14.8. The molecule has 0 saturated heterocycles. The number of H-pyrrole nitrogens is 1. The van der Waals surface area contributed by atoms with Gasteiger partial charge in [0.1, 0.15) is 11.6 Å². The predicted octanol–water partition coefficient (Wildman–Crippen LogP) is 4.64. The van der Waals surface area contributed by atoms with E-state index < -0.39 is 0 Å². The monoisotopic (exact) mass is 280 g/mol. The molecule has 1 N–H and O–H groups in total. The third-order valence-electron chi connectivity index (χ3n) is 3.68. The topological polar surface area (TPSA) is 37.9 Å². The Hall–Kier alpha value is -2.29. The van der Waals surface area contributed by atoms with Crippen molar-refractivity contribution in [2.75, 3.05) is 6.61 Å². The molecule has 3 nitrogen and oxygen atoms in total. The molecule has 3 rings (SSSR count). The summed E-state index contributed by atoms with van der Waals surface area (Å²) in [5.41, 5.74) is 5.68. The highest BCUT2D eigenvalue weighted by Gasteiger charge is 2.07. The lowest BCUT2D eigenvalue weighted by molar-refractivity contribution is 0.317. The lowest BCUT2D eigenvalue weighted by atomic mass is 10.1. The molecule has 108 valence electrons. The molecule has 1 heterocycles. The molecule has 0 unspecified atom stereocenters. The molecule has 0 amide bonds. The van der Waals surface area contributed by atoms with Gasteiger partial charge >= 0.3 is 0 Å². The fraction of sp³-hybridized carbons (Fsp3) is 0.278. The van der Waals surface area contributed by atoms with Gasteiger partial charge in [-0.2, -0.15) is 0 Å². The maximum Gasteiger partial charge on any atom is 0.138 e. The van der Waals surface area contributed by atoms with Crippen LogP contribution in [0.25, 0.3) is 22.4 Å². The third kappa shape index (κ3) is 2.77. The largest absolute Gasteiger partial charge is 0.494 e. The molecule has 0 bridgehead atoms. The lowest BCUT2D eigenvalue weighted by Crippen LogP contribution is -1.94. The van der Waals surface area contributed by atoms with E-state index in [9.17, 15) is 0 Å². The van der Waals surface area contributed by atoms with Crippen molar-refractivity contribution in [3.63, 3.8) is 0 Å².